The van der Waals surface area contributed by atoms with E-state index in [1.807, 2.05) is 30.3 Å². The molecule has 2 amide bonds. The van der Waals surface area contributed by atoms with Crippen molar-refractivity contribution in [3.63, 3.8) is 0 Å². The number of rotatable bonds is 6. The van der Waals surface area contributed by atoms with Crippen molar-refractivity contribution in [3.05, 3.63) is 70.4 Å². The van der Waals surface area contributed by atoms with E-state index < -0.39 is 41.5 Å². The fraction of sp³-hybridized carbons (Fsp3) is 0.200. The van der Waals surface area contributed by atoms with E-state index in [0.29, 0.717) is 6.54 Å². The van der Waals surface area contributed by atoms with E-state index >= 15 is 0 Å². The van der Waals surface area contributed by atoms with Crippen molar-refractivity contribution in [1.29, 1.82) is 0 Å². The Morgan fingerprint density at radius 3 is 2.39 bits per heavy atom. The van der Waals surface area contributed by atoms with Crippen LogP contribution in [0.2, 0.25) is 0 Å². The maximum Gasteiger partial charge on any atom is 0.471 e. The maximum absolute atomic E-state index is 12.7. The summed E-state index contributed by atoms with van der Waals surface area (Å²) in [6, 6.07) is 10.7. The number of alkyl halides is 3. The van der Waals surface area contributed by atoms with Crippen LogP contribution in [0, 0.1) is 0 Å². The van der Waals surface area contributed by atoms with Gasteiger partial charge in [-0.3, -0.25) is 14.4 Å². The summed E-state index contributed by atoms with van der Waals surface area (Å²) >= 11 is 0. The van der Waals surface area contributed by atoms with Crippen molar-refractivity contribution < 1.29 is 27.9 Å². The molecule has 0 spiro atoms. The normalized spacial score (nSPS) is 11.3. The van der Waals surface area contributed by atoms with Crippen LogP contribution >= 0.6 is 0 Å². The second-order valence-corrected chi connectivity index (χ2v) is 6.53. The summed E-state index contributed by atoms with van der Waals surface area (Å²) in [6.45, 7) is -0.483. The first-order chi connectivity index (χ1) is 14.7. The van der Waals surface area contributed by atoms with Crippen molar-refractivity contribution in [2.45, 2.75) is 12.7 Å². The lowest BCUT2D eigenvalue weighted by Crippen LogP contribution is -2.41. The summed E-state index contributed by atoms with van der Waals surface area (Å²) in [6.07, 6.45) is -2.39. The van der Waals surface area contributed by atoms with E-state index in [2.05, 4.69) is 10.3 Å². The van der Waals surface area contributed by atoms with Gasteiger partial charge in [-0.2, -0.15) is 13.2 Å². The topological polar surface area (TPSA) is 113 Å². The van der Waals surface area contributed by atoms with Crippen LogP contribution in [-0.2, 0) is 11.3 Å². The molecule has 2 aromatic heterocycles. The Kier molecular flexibility index (Phi) is 6.23. The Hall–Kier alpha value is -3.89. The van der Waals surface area contributed by atoms with Crippen molar-refractivity contribution >= 4 is 22.6 Å². The van der Waals surface area contributed by atoms with Crippen LogP contribution in [0.4, 0.5) is 13.2 Å². The quantitative estimate of drug-likeness (QED) is 0.510. The fourth-order valence-electron chi connectivity index (χ4n) is 2.85. The minimum atomic E-state index is -5.02. The zero-order valence-electron chi connectivity index (χ0n) is 15.9. The van der Waals surface area contributed by atoms with Crippen molar-refractivity contribution in [1.82, 2.24) is 20.2 Å². The van der Waals surface area contributed by atoms with Gasteiger partial charge in [0.15, 0.2) is 11.4 Å². The van der Waals surface area contributed by atoms with Crippen LogP contribution in [0.25, 0.3) is 10.8 Å². The molecule has 0 aliphatic heterocycles. The van der Waals surface area contributed by atoms with Crippen LogP contribution in [0.1, 0.15) is 16.1 Å². The third-order valence-electron chi connectivity index (χ3n) is 4.37. The highest BCUT2D eigenvalue weighted by molar-refractivity contribution is 6.01. The second-order valence-electron chi connectivity index (χ2n) is 6.53. The number of fused-ring (bicyclic) bond motifs is 1. The second kappa shape index (κ2) is 8.86. The number of nitrogens with one attached hydrogen (secondary N) is 2. The van der Waals surface area contributed by atoms with Crippen LogP contribution in [0.15, 0.2) is 53.6 Å². The first kappa shape index (κ1) is 21.8. The summed E-state index contributed by atoms with van der Waals surface area (Å²) in [7, 11) is 0. The van der Waals surface area contributed by atoms with Gasteiger partial charge in [0.2, 0.25) is 0 Å². The molecule has 1 aromatic carbocycles. The van der Waals surface area contributed by atoms with Gasteiger partial charge in [0, 0.05) is 30.9 Å². The standard InChI is InChI=1S/C20H17F3N4O4/c21-20(22,23)19(31)25-8-7-24-17(29)15-16(28)13-6-9-27(18(30)14(13)10-26-15)11-12-4-2-1-3-5-12/h1-6,9-10,28H,7-8,11H2,(H,24,29)(H,25,31). The molecule has 11 heteroatoms. The van der Waals surface area contributed by atoms with E-state index in [4.69, 9.17) is 0 Å². The first-order valence-electron chi connectivity index (χ1n) is 9.06. The Labute approximate surface area is 173 Å². The molecule has 0 bridgehead atoms. The molecule has 2 heterocycles. The lowest BCUT2D eigenvalue weighted by Gasteiger charge is -2.11. The van der Waals surface area contributed by atoms with Gasteiger partial charge in [0.05, 0.1) is 11.9 Å². The number of pyridine rings is 2. The number of hydrogen-bond donors (Lipinski definition) is 3. The van der Waals surface area contributed by atoms with Crippen LogP contribution in [0.3, 0.4) is 0 Å². The lowest BCUT2D eigenvalue weighted by molar-refractivity contribution is -0.173. The number of nitrogens with zero attached hydrogens (tertiary/aromatic N) is 2. The minimum Gasteiger partial charge on any atom is -0.505 e. The predicted molar refractivity (Wildman–Crippen MR) is 105 cm³/mol. The Morgan fingerprint density at radius 2 is 1.71 bits per heavy atom. The van der Waals surface area contributed by atoms with E-state index in [1.54, 1.807) is 5.32 Å². The van der Waals surface area contributed by atoms with E-state index in [1.165, 1.54) is 16.8 Å². The molecular formula is C20H17F3N4O4. The molecule has 0 atom stereocenters. The zero-order chi connectivity index (χ0) is 22.6. The van der Waals surface area contributed by atoms with Gasteiger partial charge in [-0.05, 0) is 11.6 Å². The molecule has 0 aliphatic rings. The van der Waals surface area contributed by atoms with Gasteiger partial charge in [0.1, 0.15) is 0 Å². The lowest BCUT2D eigenvalue weighted by atomic mass is 10.1. The van der Waals surface area contributed by atoms with E-state index in [9.17, 15) is 32.7 Å². The first-order valence-corrected chi connectivity index (χ1v) is 9.06. The molecule has 0 radical (unpaired) electrons. The van der Waals surface area contributed by atoms with E-state index in [0.717, 1.165) is 11.8 Å². The smallest absolute Gasteiger partial charge is 0.471 e. The molecule has 0 saturated heterocycles. The molecule has 0 aliphatic carbocycles. The average molecular weight is 434 g/mol. The highest BCUT2D eigenvalue weighted by Gasteiger charge is 2.38. The van der Waals surface area contributed by atoms with Crippen LogP contribution in [0.5, 0.6) is 5.75 Å². The molecule has 162 valence electrons. The summed E-state index contributed by atoms with van der Waals surface area (Å²) in [5, 5.41) is 14.4. The van der Waals surface area contributed by atoms with Crippen LogP contribution in [-0.4, -0.2) is 45.7 Å². The minimum absolute atomic E-state index is 0.102. The van der Waals surface area contributed by atoms with Crippen LogP contribution < -0.4 is 16.2 Å². The summed E-state index contributed by atoms with van der Waals surface area (Å²) in [5.74, 6) is -3.52. The maximum atomic E-state index is 12.7. The van der Waals surface area contributed by atoms with Gasteiger partial charge in [-0.15, -0.1) is 0 Å². The van der Waals surface area contributed by atoms with Crippen molar-refractivity contribution in [3.8, 4) is 5.75 Å². The highest BCUT2D eigenvalue weighted by atomic mass is 19.4. The molecule has 8 nitrogen and oxygen atoms in total. The predicted octanol–water partition coefficient (Wildman–Crippen LogP) is 1.56. The number of aromatic hydroxyl groups is 1. The molecular weight excluding hydrogens is 417 g/mol. The van der Waals surface area contributed by atoms with Gasteiger partial charge in [0.25, 0.3) is 11.5 Å². The van der Waals surface area contributed by atoms with Gasteiger partial charge in [-0.25, -0.2) is 4.98 Å². The summed E-state index contributed by atoms with van der Waals surface area (Å²) in [5.41, 5.74) is 0.0931. The number of aromatic nitrogens is 2. The fourth-order valence-corrected chi connectivity index (χ4v) is 2.85. The zero-order valence-corrected chi connectivity index (χ0v) is 15.9. The Morgan fingerprint density at radius 1 is 1.03 bits per heavy atom. The number of hydrogen-bond acceptors (Lipinski definition) is 5. The number of amides is 2. The van der Waals surface area contributed by atoms with Crippen molar-refractivity contribution in [2.24, 2.45) is 0 Å². The van der Waals surface area contributed by atoms with E-state index in [-0.39, 0.29) is 17.3 Å². The molecule has 3 N–H and O–H groups in total. The number of carbonyl (C=O) groups is 2. The van der Waals surface area contributed by atoms with Gasteiger partial charge in [-0.1, -0.05) is 30.3 Å². The molecule has 3 rings (SSSR count). The number of benzene rings is 1. The number of carbonyl (C=O) groups excluding carboxylic acids is 2. The molecule has 0 saturated carbocycles. The third kappa shape index (κ3) is 5.00. The largest absolute Gasteiger partial charge is 0.505 e. The Bertz CT molecular complexity index is 1180. The molecule has 31 heavy (non-hydrogen) atoms. The average Bonchev–Trinajstić information content (AvgIpc) is 2.73. The molecule has 3 aromatic rings. The van der Waals surface area contributed by atoms with Gasteiger partial charge < -0.3 is 20.3 Å². The van der Waals surface area contributed by atoms with Gasteiger partial charge >= 0.3 is 12.1 Å². The monoisotopic (exact) mass is 434 g/mol. The number of halogens is 3. The molecule has 0 fully saturated rings. The highest BCUT2D eigenvalue weighted by Crippen LogP contribution is 2.25. The summed E-state index contributed by atoms with van der Waals surface area (Å²) < 4.78 is 37.8. The van der Waals surface area contributed by atoms with Crippen molar-refractivity contribution in [2.75, 3.05) is 13.1 Å². The Balaban J connectivity index is 1.73. The SMILES string of the molecule is O=C(NCCNC(=O)C(F)(F)F)c1ncc2c(=O)n(Cc3ccccc3)ccc2c1O. The molecule has 0 unspecified atom stereocenters. The third-order valence-corrected chi connectivity index (χ3v) is 4.37. The summed E-state index contributed by atoms with van der Waals surface area (Å²) in [4.78, 5) is 39.4.